The van der Waals surface area contributed by atoms with Crippen LogP contribution in [0.1, 0.15) is 41.4 Å². The van der Waals surface area contributed by atoms with Crippen molar-refractivity contribution < 1.29 is 30.8 Å². The van der Waals surface area contributed by atoms with E-state index in [4.69, 9.17) is 4.42 Å². The highest BCUT2D eigenvalue weighted by Crippen LogP contribution is 2.30. The highest BCUT2D eigenvalue weighted by atomic mass is 32.2. The molecule has 0 unspecified atom stereocenters. The van der Waals surface area contributed by atoms with Gasteiger partial charge in [0, 0.05) is 48.3 Å². The van der Waals surface area contributed by atoms with E-state index in [1.807, 2.05) is 0 Å². The lowest BCUT2D eigenvalue weighted by atomic mass is 10.0. The fraction of sp³-hybridized carbons (Fsp3) is 0.348. The average molecular weight is 481 g/mol. The lowest BCUT2D eigenvalue weighted by Crippen LogP contribution is -2.37. The van der Waals surface area contributed by atoms with Crippen molar-refractivity contribution in [3.63, 3.8) is 0 Å². The van der Waals surface area contributed by atoms with E-state index in [1.54, 1.807) is 6.92 Å². The van der Waals surface area contributed by atoms with E-state index in [9.17, 15) is 26.4 Å². The molecule has 6 nitrogen and oxygen atoms in total. The highest BCUT2D eigenvalue weighted by molar-refractivity contribution is 7.89. The Hall–Kier alpha value is -2.85. The van der Waals surface area contributed by atoms with Crippen LogP contribution in [-0.4, -0.2) is 31.7 Å². The van der Waals surface area contributed by atoms with E-state index >= 15 is 0 Å². The first-order valence-corrected chi connectivity index (χ1v) is 12.0. The molecule has 0 atom stereocenters. The Kier molecular flexibility index (Phi) is 6.24. The van der Waals surface area contributed by atoms with Gasteiger partial charge in [-0.2, -0.15) is 4.31 Å². The number of hydrogen-bond donors (Lipinski definition) is 1. The average Bonchev–Trinajstić information content (AvgIpc) is 3.09. The van der Waals surface area contributed by atoms with E-state index in [2.05, 4.69) is 12.2 Å². The highest BCUT2D eigenvalue weighted by Gasteiger charge is 2.29. The van der Waals surface area contributed by atoms with Gasteiger partial charge in [-0.05, 0) is 43.9 Å². The second kappa shape index (κ2) is 8.83. The van der Waals surface area contributed by atoms with Gasteiger partial charge in [-0.25, -0.2) is 21.6 Å². The summed E-state index contributed by atoms with van der Waals surface area (Å²) in [5.74, 6) is -3.64. The van der Waals surface area contributed by atoms with Gasteiger partial charge in [0.1, 0.15) is 23.0 Å². The molecule has 2 aromatic carbocycles. The largest absolute Gasteiger partial charge is 0.451 e. The van der Waals surface area contributed by atoms with Gasteiger partial charge in [-0.3, -0.25) is 4.79 Å². The summed E-state index contributed by atoms with van der Waals surface area (Å²) >= 11 is 0. The van der Waals surface area contributed by atoms with Gasteiger partial charge in [0.05, 0.1) is 4.90 Å². The lowest BCUT2D eigenvalue weighted by Gasteiger charge is -2.29. The van der Waals surface area contributed by atoms with Crippen molar-refractivity contribution in [3.8, 4) is 0 Å². The smallest absolute Gasteiger partial charge is 0.287 e. The van der Waals surface area contributed by atoms with Crippen LogP contribution in [0.25, 0.3) is 11.0 Å². The van der Waals surface area contributed by atoms with Crippen LogP contribution < -0.4 is 5.32 Å². The van der Waals surface area contributed by atoms with E-state index in [0.717, 1.165) is 12.8 Å². The maximum absolute atomic E-state index is 13.8. The molecule has 1 aliphatic rings. The van der Waals surface area contributed by atoms with Gasteiger partial charge in [0.15, 0.2) is 5.76 Å². The first-order valence-electron chi connectivity index (χ1n) is 10.5. The molecule has 1 N–H and O–H groups in total. The Bertz CT molecular complexity index is 1310. The molecule has 10 heteroatoms. The van der Waals surface area contributed by atoms with E-state index in [1.165, 1.54) is 22.5 Å². The number of carbonyl (C=O) groups excluding carboxylic acids is 1. The van der Waals surface area contributed by atoms with Crippen molar-refractivity contribution in [2.75, 3.05) is 13.1 Å². The van der Waals surface area contributed by atoms with Crippen molar-refractivity contribution in [3.05, 3.63) is 64.7 Å². The number of hydrogen-bond acceptors (Lipinski definition) is 4. The third-order valence-electron chi connectivity index (χ3n) is 6.03. The summed E-state index contributed by atoms with van der Waals surface area (Å²) in [5, 5.41) is 2.81. The first-order chi connectivity index (χ1) is 15.6. The number of rotatable bonds is 5. The molecular weight excluding hydrogens is 457 g/mol. The number of furan rings is 1. The lowest BCUT2D eigenvalue weighted by molar-refractivity contribution is 0.0923. The number of carbonyl (C=O) groups is 1. The quantitative estimate of drug-likeness (QED) is 0.583. The van der Waals surface area contributed by atoms with Crippen molar-refractivity contribution in [2.24, 2.45) is 5.92 Å². The summed E-state index contributed by atoms with van der Waals surface area (Å²) in [5.41, 5.74) is 0.220. The molecule has 0 saturated carbocycles. The predicted molar refractivity (Wildman–Crippen MR) is 116 cm³/mol. The zero-order chi connectivity index (χ0) is 23.9. The number of sulfonamides is 1. The fourth-order valence-corrected chi connectivity index (χ4v) is 5.44. The van der Waals surface area contributed by atoms with Gasteiger partial charge in [-0.15, -0.1) is 0 Å². The van der Waals surface area contributed by atoms with Crippen molar-refractivity contribution in [1.82, 2.24) is 9.62 Å². The zero-order valence-electron chi connectivity index (χ0n) is 18.1. The predicted octanol–water partition coefficient (Wildman–Crippen LogP) is 4.51. The third kappa shape index (κ3) is 4.49. The van der Waals surface area contributed by atoms with Crippen LogP contribution >= 0.6 is 0 Å². The number of aryl methyl sites for hydroxylation is 1. The van der Waals surface area contributed by atoms with Gasteiger partial charge < -0.3 is 9.73 Å². The maximum Gasteiger partial charge on any atom is 0.287 e. The van der Waals surface area contributed by atoms with Crippen LogP contribution in [0.15, 0.2) is 39.6 Å². The van der Waals surface area contributed by atoms with E-state index in [0.29, 0.717) is 47.7 Å². The maximum atomic E-state index is 13.8. The summed E-state index contributed by atoms with van der Waals surface area (Å²) in [6, 6.07) is 5.45. The number of piperidine rings is 1. The van der Waals surface area contributed by atoms with Crippen molar-refractivity contribution >= 4 is 26.9 Å². The van der Waals surface area contributed by atoms with Crippen LogP contribution in [0.2, 0.25) is 0 Å². The normalized spacial score (nSPS) is 15.8. The fourth-order valence-electron chi connectivity index (χ4n) is 3.94. The standard InChI is InChI=1S/C23H23F3N2O4S/c1-13-5-7-28(8-6-13)33(30,31)16-3-4-21-17(11-16)14(2)22(32-21)23(29)27-12-18-19(25)9-15(24)10-20(18)26/h3-4,9-11,13H,5-8,12H2,1-2H3,(H,27,29). The Morgan fingerprint density at radius 2 is 1.76 bits per heavy atom. The summed E-state index contributed by atoms with van der Waals surface area (Å²) in [7, 11) is -3.69. The zero-order valence-corrected chi connectivity index (χ0v) is 18.9. The van der Waals surface area contributed by atoms with Crippen LogP contribution in [-0.2, 0) is 16.6 Å². The van der Waals surface area contributed by atoms with Gasteiger partial charge in [-0.1, -0.05) is 6.92 Å². The number of fused-ring (bicyclic) bond motifs is 1. The topological polar surface area (TPSA) is 79.6 Å². The molecule has 33 heavy (non-hydrogen) atoms. The minimum absolute atomic E-state index is 0.103. The van der Waals surface area contributed by atoms with E-state index in [-0.39, 0.29) is 10.7 Å². The van der Waals surface area contributed by atoms with Gasteiger partial charge in [0.25, 0.3) is 5.91 Å². The molecule has 1 fully saturated rings. The van der Waals surface area contributed by atoms with Crippen LogP contribution in [0, 0.1) is 30.3 Å². The molecule has 1 amide bonds. The Morgan fingerprint density at radius 1 is 1.12 bits per heavy atom. The molecule has 3 aromatic rings. The number of benzene rings is 2. The molecule has 1 aliphatic heterocycles. The summed E-state index contributed by atoms with van der Waals surface area (Å²) in [4.78, 5) is 12.7. The van der Waals surface area contributed by atoms with Gasteiger partial charge in [0.2, 0.25) is 10.0 Å². The molecule has 1 aromatic heterocycles. The Balaban J connectivity index is 1.58. The molecule has 0 bridgehead atoms. The minimum atomic E-state index is -3.69. The number of halogens is 3. The molecule has 1 saturated heterocycles. The Labute approximate surface area is 189 Å². The Morgan fingerprint density at radius 3 is 2.39 bits per heavy atom. The minimum Gasteiger partial charge on any atom is -0.451 e. The molecule has 0 spiro atoms. The first kappa shape index (κ1) is 23.3. The van der Waals surface area contributed by atoms with Crippen molar-refractivity contribution in [1.29, 1.82) is 0 Å². The second-order valence-electron chi connectivity index (χ2n) is 8.33. The van der Waals surface area contributed by atoms with E-state index < -0.39 is 45.5 Å². The molecule has 0 radical (unpaired) electrons. The molecule has 176 valence electrons. The molecular formula is C23H23F3N2O4S. The van der Waals surface area contributed by atoms with Crippen molar-refractivity contribution in [2.45, 2.75) is 38.1 Å². The SMILES string of the molecule is Cc1c(C(=O)NCc2c(F)cc(F)cc2F)oc2ccc(S(=O)(=O)N3CCC(C)CC3)cc12. The number of amides is 1. The summed E-state index contributed by atoms with van der Waals surface area (Å²) in [6.07, 6.45) is 1.59. The second-order valence-corrected chi connectivity index (χ2v) is 10.3. The third-order valence-corrected chi connectivity index (χ3v) is 7.92. The van der Waals surface area contributed by atoms with Crippen LogP contribution in [0.4, 0.5) is 13.2 Å². The summed E-state index contributed by atoms with van der Waals surface area (Å²) in [6.45, 7) is 4.08. The molecule has 0 aliphatic carbocycles. The number of nitrogens with zero attached hydrogens (tertiary/aromatic N) is 1. The van der Waals surface area contributed by atoms with Crippen LogP contribution in [0.5, 0.6) is 0 Å². The summed E-state index contributed by atoms with van der Waals surface area (Å²) < 4.78 is 73.9. The monoisotopic (exact) mass is 480 g/mol. The molecule has 2 heterocycles. The molecule has 4 rings (SSSR count). The van der Waals surface area contributed by atoms with Crippen LogP contribution in [0.3, 0.4) is 0 Å². The number of nitrogens with one attached hydrogen (secondary N) is 1. The van der Waals surface area contributed by atoms with Gasteiger partial charge >= 0.3 is 0 Å².